The Morgan fingerprint density at radius 3 is 2.57 bits per heavy atom. The van der Waals surface area contributed by atoms with Crippen molar-refractivity contribution in [3.05, 3.63) is 29.8 Å². The maximum absolute atomic E-state index is 2.69. The number of likely N-dealkylation sites (tertiary alicyclic amines) is 1. The Hall–Kier alpha value is -1.06. The molecule has 0 bridgehead atoms. The molecule has 0 N–H and O–H groups in total. The summed E-state index contributed by atoms with van der Waals surface area (Å²) in [6.07, 6.45) is 5.29. The van der Waals surface area contributed by atoms with Gasteiger partial charge in [-0.25, -0.2) is 0 Å². The highest BCUT2D eigenvalue weighted by atomic mass is 15.2. The molecule has 3 nitrogen and oxygen atoms in total. The standard InChI is InChI=1S/C20H33N3/c1-16(2)22-13-8-12-19(22)18-10-5-6-11-20(18)23-14-7-9-17(23)15-21(3)4/h5-6,10-11,16-17,19H,7-9,12-15H2,1-4H3. The maximum atomic E-state index is 2.69. The van der Waals surface area contributed by atoms with Crippen LogP contribution in [0.4, 0.5) is 5.69 Å². The van der Waals surface area contributed by atoms with Gasteiger partial charge in [0, 0.05) is 36.9 Å². The van der Waals surface area contributed by atoms with Gasteiger partial charge in [0.1, 0.15) is 0 Å². The highest BCUT2D eigenvalue weighted by molar-refractivity contribution is 5.57. The molecule has 128 valence electrons. The average molecular weight is 316 g/mol. The van der Waals surface area contributed by atoms with E-state index >= 15 is 0 Å². The van der Waals surface area contributed by atoms with Gasteiger partial charge in [0.05, 0.1) is 0 Å². The van der Waals surface area contributed by atoms with Crippen LogP contribution in [0.5, 0.6) is 0 Å². The van der Waals surface area contributed by atoms with E-state index in [2.05, 4.69) is 66.9 Å². The van der Waals surface area contributed by atoms with Crippen LogP contribution < -0.4 is 4.90 Å². The molecule has 0 radical (unpaired) electrons. The summed E-state index contributed by atoms with van der Waals surface area (Å²) in [5.74, 6) is 0. The molecule has 0 aliphatic carbocycles. The summed E-state index contributed by atoms with van der Waals surface area (Å²) in [5, 5.41) is 0. The molecule has 3 rings (SSSR count). The lowest BCUT2D eigenvalue weighted by atomic mass is 10.00. The molecule has 2 fully saturated rings. The van der Waals surface area contributed by atoms with Crippen molar-refractivity contribution in [2.75, 3.05) is 38.6 Å². The first-order valence-electron chi connectivity index (χ1n) is 9.34. The topological polar surface area (TPSA) is 9.72 Å². The molecule has 1 aromatic carbocycles. The second-order valence-electron chi connectivity index (χ2n) is 7.80. The summed E-state index contributed by atoms with van der Waals surface area (Å²) in [7, 11) is 4.39. The fraction of sp³-hybridized carbons (Fsp3) is 0.700. The van der Waals surface area contributed by atoms with Gasteiger partial charge in [0.25, 0.3) is 0 Å². The van der Waals surface area contributed by atoms with Gasteiger partial charge in [-0.05, 0) is 71.8 Å². The molecular weight excluding hydrogens is 282 g/mol. The first kappa shape index (κ1) is 16.8. The smallest absolute Gasteiger partial charge is 0.0417 e. The molecule has 2 aliphatic rings. The predicted molar refractivity (Wildman–Crippen MR) is 99.2 cm³/mol. The van der Waals surface area contributed by atoms with Crippen molar-refractivity contribution in [3.8, 4) is 0 Å². The minimum absolute atomic E-state index is 0.604. The third-order valence-electron chi connectivity index (χ3n) is 5.52. The zero-order chi connectivity index (χ0) is 16.4. The molecule has 3 heteroatoms. The molecule has 1 aromatic rings. The zero-order valence-corrected chi connectivity index (χ0v) is 15.3. The van der Waals surface area contributed by atoms with E-state index < -0.39 is 0 Å². The Balaban J connectivity index is 1.88. The van der Waals surface area contributed by atoms with Crippen molar-refractivity contribution in [3.63, 3.8) is 0 Å². The summed E-state index contributed by atoms with van der Waals surface area (Å²) >= 11 is 0. The Morgan fingerprint density at radius 1 is 1.09 bits per heavy atom. The van der Waals surface area contributed by atoms with E-state index in [4.69, 9.17) is 0 Å². The van der Waals surface area contributed by atoms with Gasteiger partial charge in [0.15, 0.2) is 0 Å². The van der Waals surface area contributed by atoms with Gasteiger partial charge in [-0.15, -0.1) is 0 Å². The van der Waals surface area contributed by atoms with Crippen LogP contribution in [0.3, 0.4) is 0 Å². The van der Waals surface area contributed by atoms with Crippen LogP contribution in [0.25, 0.3) is 0 Å². The van der Waals surface area contributed by atoms with Gasteiger partial charge in [0.2, 0.25) is 0 Å². The van der Waals surface area contributed by atoms with Gasteiger partial charge in [-0.3, -0.25) is 4.90 Å². The summed E-state index contributed by atoms with van der Waals surface area (Å²) < 4.78 is 0. The third-order valence-corrected chi connectivity index (χ3v) is 5.52. The van der Waals surface area contributed by atoms with Crippen molar-refractivity contribution in [2.45, 2.75) is 57.7 Å². The van der Waals surface area contributed by atoms with Crippen LogP contribution in [0.2, 0.25) is 0 Å². The molecule has 2 unspecified atom stereocenters. The van der Waals surface area contributed by atoms with Crippen molar-refractivity contribution in [1.82, 2.24) is 9.80 Å². The van der Waals surface area contributed by atoms with Crippen LogP contribution in [0.15, 0.2) is 24.3 Å². The summed E-state index contributed by atoms with van der Waals surface area (Å²) in [5.41, 5.74) is 3.05. The highest BCUT2D eigenvalue weighted by Crippen LogP contribution is 2.40. The SMILES string of the molecule is CC(C)N1CCCC1c1ccccc1N1CCCC1CN(C)C. The van der Waals surface area contributed by atoms with Crippen LogP contribution in [-0.2, 0) is 0 Å². The van der Waals surface area contributed by atoms with Crippen molar-refractivity contribution in [1.29, 1.82) is 0 Å². The number of nitrogens with zero attached hydrogens (tertiary/aromatic N) is 3. The number of benzene rings is 1. The Morgan fingerprint density at radius 2 is 1.83 bits per heavy atom. The molecule has 2 heterocycles. The number of likely N-dealkylation sites (N-methyl/N-ethyl adjacent to an activating group) is 1. The molecule has 23 heavy (non-hydrogen) atoms. The molecule has 2 saturated heterocycles. The van der Waals surface area contributed by atoms with Crippen LogP contribution >= 0.6 is 0 Å². The largest absolute Gasteiger partial charge is 0.367 e. The first-order valence-corrected chi connectivity index (χ1v) is 9.34. The Bertz CT molecular complexity index is 511. The zero-order valence-electron chi connectivity index (χ0n) is 15.3. The van der Waals surface area contributed by atoms with E-state index in [1.165, 1.54) is 44.5 Å². The number of rotatable bonds is 5. The highest BCUT2D eigenvalue weighted by Gasteiger charge is 2.33. The number of hydrogen-bond acceptors (Lipinski definition) is 3. The van der Waals surface area contributed by atoms with Crippen LogP contribution in [0.1, 0.15) is 51.1 Å². The lowest BCUT2D eigenvalue weighted by Crippen LogP contribution is -2.39. The fourth-order valence-electron chi connectivity index (χ4n) is 4.54. The summed E-state index contributed by atoms with van der Waals surface area (Å²) in [4.78, 5) is 7.71. The van der Waals surface area contributed by atoms with E-state index in [1.807, 2.05) is 0 Å². The van der Waals surface area contributed by atoms with Gasteiger partial charge in [-0.1, -0.05) is 18.2 Å². The summed E-state index contributed by atoms with van der Waals surface area (Å²) in [6.45, 7) is 8.30. The number of para-hydroxylation sites is 1. The second-order valence-corrected chi connectivity index (χ2v) is 7.80. The van der Waals surface area contributed by atoms with Gasteiger partial charge < -0.3 is 9.80 Å². The van der Waals surface area contributed by atoms with E-state index in [9.17, 15) is 0 Å². The van der Waals surface area contributed by atoms with Gasteiger partial charge >= 0.3 is 0 Å². The minimum atomic E-state index is 0.604. The van der Waals surface area contributed by atoms with E-state index in [0.717, 1.165) is 6.54 Å². The summed E-state index contributed by atoms with van der Waals surface area (Å²) in [6, 6.07) is 11.1. The van der Waals surface area contributed by atoms with Crippen molar-refractivity contribution >= 4 is 5.69 Å². The Kier molecular flexibility index (Phi) is 5.27. The number of anilines is 1. The van der Waals surface area contributed by atoms with Gasteiger partial charge in [-0.2, -0.15) is 0 Å². The van der Waals surface area contributed by atoms with Crippen LogP contribution in [0, 0.1) is 0 Å². The predicted octanol–water partition coefficient (Wildman–Crippen LogP) is 3.76. The lowest BCUT2D eigenvalue weighted by Gasteiger charge is -2.35. The minimum Gasteiger partial charge on any atom is -0.367 e. The average Bonchev–Trinajstić information content (AvgIpc) is 3.15. The molecule has 2 aliphatic heterocycles. The van der Waals surface area contributed by atoms with E-state index in [1.54, 1.807) is 5.56 Å². The third kappa shape index (κ3) is 3.56. The number of hydrogen-bond donors (Lipinski definition) is 0. The second kappa shape index (κ2) is 7.23. The van der Waals surface area contributed by atoms with E-state index in [0.29, 0.717) is 18.1 Å². The Labute approximate surface area is 142 Å². The molecule has 0 aromatic heterocycles. The van der Waals surface area contributed by atoms with Crippen LogP contribution in [-0.4, -0.2) is 55.6 Å². The fourth-order valence-corrected chi connectivity index (χ4v) is 4.54. The van der Waals surface area contributed by atoms with E-state index in [-0.39, 0.29) is 0 Å². The molecule has 0 amide bonds. The first-order chi connectivity index (χ1) is 11.1. The quantitative estimate of drug-likeness (QED) is 0.819. The molecular formula is C20H33N3. The molecule has 0 saturated carbocycles. The normalized spacial score (nSPS) is 25.9. The molecule has 0 spiro atoms. The monoisotopic (exact) mass is 315 g/mol. The molecule has 2 atom stereocenters. The lowest BCUT2D eigenvalue weighted by molar-refractivity contribution is 0.205. The van der Waals surface area contributed by atoms with Crippen molar-refractivity contribution < 1.29 is 0 Å². The van der Waals surface area contributed by atoms with Crippen molar-refractivity contribution in [2.24, 2.45) is 0 Å². The maximum Gasteiger partial charge on any atom is 0.0417 e.